The van der Waals surface area contributed by atoms with Crippen LogP contribution in [0.15, 0.2) is 12.3 Å². The first-order valence-electron chi connectivity index (χ1n) is 9.34. The van der Waals surface area contributed by atoms with Gasteiger partial charge in [0.15, 0.2) is 0 Å². The number of likely N-dealkylation sites (tertiary alicyclic amines) is 1. The molecule has 0 spiro atoms. The van der Waals surface area contributed by atoms with Gasteiger partial charge in [0, 0.05) is 38.7 Å². The van der Waals surface area contributed by atoms with E-state index >= 15 is 0 Å². The summed E-state index contributed by atoms with van der Waals surface area (Å²) in [7, 11) is 0. The van der Waals surface area contributed by atoms with Gasteiger partial charge in [0.2, 0.25) is 5.91 Å². The van der Waals surface area contributed by atoms with Crippen LogP contribution >= 0.6 is 0 Å². The van der Waals surface area contributed by atoms with Gasteiger partial charge in [-0.2, -0.15) is 5.10 Å². The molecule has 0 saturated carbocycles. The van der Waals surface area contributed by atoms with E-state index in [1.54, 1.807) is 6.20 Å². The molecule has 1 atom stereocenters. The first-order chi connectivity index (χ1) is 12.0. The molecule has 0 unspecified atom stereocenters. The van der Waals surface area contributed by atoms with Gasteiger partial charge < -0.3 is 15.5 Å². The van der Waals surface area contributed by atoms with E-state index in [1.165, 1.54) is 0 Å². The second-order valence-corrected chi connectivity index (χ2v) is 7.23. The zero-order chi connectivity index (χ0) is 18.2. The van der Waals surface area contributed by atoms with Crippen molar-refractivity contribution in [3.8, 4) is 0 Å². The Morgan fingerprint density at radius 3 is 2.92 bits per heavy atom. The Hall–Kier alpha value is -2.05. The maximum absolute atomic E-state index is 12.4. The highest BCUT2D eigenvalue weighted by molar-refractivity contribution is 5.90. The molecule has 0 aromatic carbocycles. The Morgan fingerprint density at radius 1 is 1.40 bits per heavy atom. The smallest absolute Gasteiger partial charge is 0.317 e. The van der Waals surface area contributed by atoms with Crippen LogP contribution in [0.1, 0.15) is 46.5 Å². The van der Waals surface area contributed by atoms with Crippen molar-refractivity contribution in [2.75, 3.05) is 25.0 Å². The van der Waals surface area contributed by atoms with Crippen LogP contribution in [0.3, 0.4) is 0 Å². The number of hydrogen-bond donors (Lipinski definition) is 2. The second kappa shape index (κ2) is 9.44. The molecule has 1 saturated heterocycles. The van der Waals surface area contributed by atoms with Gasteiger partial charge >= 0.3 is 6.03 Å². The number of piperidine rings is 1. The minimum Gasteiger partial charge on any atom is -0.338 e. The van der Waals surface area contributed by atoms with E-state index in [0.29, 0.717) is 25.4 Å². The van der Waals surface area contributed by atoms with Crippen molar-refractivity contribution in [2.45, 2.75) is 53.0 Å². The highest BCUT2D eigenvalue weighted by atomic mass is 16.2. The molecule has 2 rings (SSSR count). The van der Waals surface area contributed by atoms with Crippen molar-refractivity contribution < 1.29 is 9.59 Å². The molecule has 140 valence electrons. The van der Waals surface area contributed by atoms with E-state index in [0.717, 1.165) is 38.2 Å². The summed E-state index contributed by atoms with van der Waals surface area (Å²) < 4.78 is 1.81. The minimum atomic E-state index is -0.0140. The Labute approximate surface area is 150 Å². The van der Waals surface area contributed by atoms with E-state index < -0.39 is 0 Å². The Bertz CT molecular complexity index is 570. The number of carbonyl (C=O) groups excluding carboxylic acids is 2. The van der Waals surface area contributed by atoms with E-state index in [4.69, 9.17) is 0 Å². The largest absolute Gasteiger partial charge is 0.338 e. The highest BCUT2D eigenvalue weighted by Crippen LogP contribution is 2.20. The molecule has 3 amide bonds. The third-order valence-corrected chi connectivity index (χ3v) is 4.36. The van der Waals surface area contributed by atoms with Crippen molar-refractivity contribution >= 4 is 17.8 Å². The van der Waals surface area contributed by atoms with Crippen molar-refractivity contribution in [1.82, 2.24) is 20.0 Å². The van der Waals surface area contributed by atoms with E-state index in [9.17, 15) is 9.59 Å². The lowest BCUT2D eigenvalue weighted by Crippen LogP contribution is -2.46. The summed E-state index contributed by atoms with van der Waals surface area (Å²) in [5, 5.41) is 10.1. The molecule has 0 radical (unpaired) electrons. The Kier molecular flexibility index (Phi) is 7.28. The number of hydrogen-bond acceptors (Lipinski definition) is 3. The summed E-state index contributed by atoms with van der Waals surface area (Å²) in [5.41, 5.74) is 0. The number of rotatable bonds is 7. The molecule has 1 fully saturated rings. The number of urea groups is 1. The molecule has 0 bridgehead atoms. The molecule has 1 aromatic rings. The van der Waals surface area contributed by atoms with Crippen LogP contribution in [-0.2, 0) is 11.3 Å². The van der Waals surface area contributed by atoms with E-state index in [-0.39, 0.29) is 17.9 Å². The normalized spacial score (nSPS) is 17.6. The first-order valence-corrected chi connectivity index (χ1v) is 9.34. The Balaban J connectivity index is 1.82. The molecule has 1 aromatic heterocycles. The molecule has 7 nitrogen and oxygen atoms in total. The standard InChI is InChI=1S/C18H31N5O2/c1-4-9-23-16(7-8-20-23)21-17(24)11-15-6-5-10-22(13-15)18(25)19-12-14(2)3/h7-8,14-15H,4-6,9-13H2,1-3H3,(H,19,25)(H,21,24)/t15-/m1/s1. The van der Waals surface area contributed by atoms with Crippen LogP contribution in [0.2, 0.25) is 0 Å². The molecule has 25 heavy (non-hydrogen) atoms. The van der Waals surface area contributed by atoms with E-state index in [1.807, 2.05) is 15.6 Å². The number of aromatic nitrogens is 2. The third-order valence-electron chi connectivity index (χ3n) is 4.36. The van der Waals surface area contributed by atoms with Gasteiger partial charge in [-0.05, 0) is 31.1 Å². The lowest BCUT2D eigenvalue weighted by Gasteiger charge is -2.32. The summed E-state index contributed by atoms with van der Waals surface area (Å²) >= 11 is 0. The van der Waals surface area contributed by atoms with Crippen LogP contribution < -0.4 is 10.6 Å². The molecule has 2 heterocycles. The maximum atomic E-state index is 12.4. The lowest BCUT2D eigenvalue weighted by atomic mass is 9.94. The number of nitrogens with zero attached hydrogens (tertiary/aromatic N) is 3. The maximum Gasteiger partial charge on any atom is 0.317 e. The van der Waals surface area contributed by atoms with Gasteiger partial charge in [-0.15, -0.1) is 0 Å². The topological polar surface area (TPSA) is 79.3 Å². The molecule has 7 heteroatoms. The average Bonchev–Trinajstić information content (AvgIpc) is 3.00. The molecular weight excluding hydrogens is 318 g/mol. The van der Waals surface area contributed by atoms with E-state index in [2.05, 4.69) is 36.5 Å². The van der Waals surface area contributed by atoms with Gasteiger partial charge in [-0.1, -0.05) is 20.8 Å². The summed E-state index contributed by atoms with van der Waals surface area (Å²) in [6.07, 6.45) is 5.03. The zero-order valence-electron chi connectivity index (χ0n) is 15.6. The lowest BCUT2D eigenvalue weighted by molar-refractivity contribution is -0.117. The highest BCUT2D eigenvalue weighted by Gasteiger charge is 2.25. The molecule has 0 aliphatic carbocycles. The molecule has 1 aliphatic rings. The number of nitrogens with one attached hydrogen (secondary N) is 2. The van der Waals surface area contributed by atoms with Gasteiger partial charge in [-0.25, -0.2) is 9.48 Å². The monoisotopic (exact) mass is 349 g/mol. The summed E-state index contributed by atoms with van der Waals surface area (Å²) in [5.74, 6) is 1.38. The first kappa shape index (κ1) is 19.3. The number of anilines is 1. The SMILES string of the molecule is CCCn1nccc1NC(=O)C[C@H]1CCCN(C(=O)NCC(C)C)C1. The van der Waals surface area contributed by atoms with Crippen molar-refractivity contribution in [3.05, 3.63) is 12.3 Å². The van der Waals surface area contributed by atoms with Crippen LogP contribution in [-0.4, -0.2) is 46.3 Å². The average molecular weight is 349 g/mol. The minimum absolute atomic E-state index is 0.00714. The molecule has 1 aliphatic heterocycles. The molecule has 2 N–H and O–H groups in total. The second-order valence-electron chi connectivity index (χ2n) is 7.23. The fourth-order valence-electron chi connectivity index (χ4n) is 3.10. The van der Waals surface area contributed by atoms with Gasteiger partial charge in [-0.3, -0.25) is 4.79 Å². The van der Waals surface area contributed by atoms with Crippen molar-refractivity contribution in [1.29, 1.82) is 0 Å². The van der Waals surface area contributed by atoms with Crippen LogP contribution in [0, 0.1) is 11.8 Å². The summed E-state index contributed by atoms with van der Waals surface area (Å²) in [6, 6.07) is 1.81. The van der Waals surface area contributed by atoms with Gasteiger partial charge in [0.1, 0.15) is 5.82 Å². The fraction of sp³-hybridized carbons (Fsp3) is 0.722. The predicted molar refractivity (Wildman–Crippen MR) is 98.3 cm³/mol. The quantitative estimate of drug-likeness (QED) is 0.794. The zero-order valence-corrected chi connectivity index (χ0v) is 15.6. The number of amides is 3. The predicted octanol–water partition coefficient (Wildman–Crippen LogP) is 2.70. The number of carbonyl (C=O) groups is 2. The third kappa shape index (κ3) is 6.07. The van der Waals surface area contributed by atoms with Crippen molar-refractivity contribution in [3.63, 3.8) is 0 Å². The molecular formula is C18H31N5O2. The Morgan fingerprint density at radius 2 is 2.20 bits per heavy atom. The van der Waals surface area contributed by atoms with Crippen LogP contribution in [0.4, 0.5) is 10.6 Å². The van der Waals surface area contributed by atoms with Crippen molar-refractivity contribution in [2.24, 2.45) is 11.8 Å². The van der Waals surface area contributed by atoms with Gasteiger partial charge in [0.05, 0.1) is 6.20 Å². The summed E-state index contributed by atoms with van der Waals surface area (Å²) in [6.45, 7) is 9.11. The number of aryl methyl sites for hydroxylation is 1. The van der Waals surface area contributed by atoms with Gasteiger partial charge in [0.25, 0.3) is 0 Å². The van der Waals surface area contributed by atoms with Crippen LogP contribution in [0.5, 0.6) is 0 Å². The van der Waals surface area contributed by atoms with Crippen LogP contribution in [0.25, 0.3) is 0 Å². The summed E-state index contributed by atoms with van der Waals surface area (Å²) in [4.78, 5) is 26.4. The fourth-order valence-corrected chi connectivity index (χ4v) is 3.10.